The van der Waals surface area contributed by atoms with Crippen molar-refractivity contribution in [1.82, 2.24) is 0 Å². The molecule has 6 heteroatoms. The molecule has 0 spiro atoms. The number of para-hydroxylation sites is 2. The molecule has 2 aliphatic rings. The van der Waals surface area contributed by atoms with Gasteiger partial charge in [0.1, 0.15) is 17.0 Å². The average Bonchev–Trinajstić information content (AvgIpc) is 3.43. The fourth-order valence-corrected chi connectivity index (χ4v) is 4.85. The van der Waals surface area contributed by atoms with Crippen molar-refractivity contribution in [3.63, 3.8) is 0 Å². The highest BCUT2D eigenvalue weighted by Gasteiger charge is 2.65. The molecule has 6 nitrogen and oxygen atoms in total. The molecule has 146 valence electrons. The molecule has 1 heterocycles. The number of rotatable bonds is 6. The number of hydrogen-bond acceptors (Lipinski definition) is 4. The van der Waals surface area contributed by atoms with E-state index in [2.05, 4.69) is 0 Å². The smallest absolute Gasteiger partial charge is 0.324 e. The lowest BCUT2D eigenvalue weighted by atomic mass is 9.75. The maximum absolute atomic E-state index is 12.3. The van der Waals surface area contributed by atoms with Crippen molar-refractivity contribution in [3.8, 4) is 11.5 Å². The van der Waals surface area contributed by atoms with Crippen molar-refractivity contribution in [2.45, 2.75) is 31.2 Å². The summed E-state index contributed by atoms with van der Waals surface area (Å²) in [5, 5.41) is 19.6. The zero-order chi connectivity index (χ0) is 20.1. The van der Waals surface area contributed by atoms with E-state index in [0.29, 0.717) is 17.9 Å². The zero-order valence-electron chi connectivity index (χ0n) is 15.5. The molecule has 0 amide bonds. The van der Waals surface area contributed by atoms with Crippen LogP contribution in [0.4, 0.5) is 0 Å². The van der Waals surface area contributed by atoms with Crippen LogP contribution in [0.15, 0.2) is 48.5 Å². The fraction of sp³-hybridized carbons (Fsp3) is 0.364. The monoisotopic (exact) mass is 381 g/mol. The zero-order valence-corrected chi connectivity index (χ0v) is 15.5. The van der Waals surface area contributed by atoms with Gasteiger partial charge in [-0.1, -0.05) is 49.7 Å². The van der Waals surface area contributed by atoms with E-state index in [1.165, 1.54) is 0 Å². The van der Waals surface area contributed by atoms with Crippen molar-refractivity contribution in [2.24, 2.45) is 23.5 Å². The van der Waals surface area contributed by atoms with E-state index < -0.39 is 29.3 Å². The van der Waals surface area contributed by atoms with Gasteiger partial charge >= 0.3 is 11.9 Å². The van der Waals surface area contributed by atoms with Crippen molar-refractivity contribution in [3.05, 3.63) is 59.7 Å². The molecular weight excluding hydrogens is 358 g/mol. The molecule has 0 radical (unpaired) electrons. The molecule has 0 bridgehead atoms. The number of nitrogens with two attached hydrogens (primary N) is 1. The topological polar surface area (TPSA) is 110 Å². The van der Waals surface area contributed by atoms with Crippen LogP contribution in [0.1, 0.15) is 36.8 Å². The standard InChI is InChI=1S/C22H23NO5/c1-2-12-18(20(24)25)19(12)22(23,21(26)27)11-15-13-7-3-5-9-16(13)28-17-10-6-4-8-14(15)17/h3-10,12,15,18-19H,2,11,23H2,1H3,(H,24,25)(H,26,27)/t12-,18+,19?,22?/m1/s1. The maximum atomic E-state index is 12.3. The van der Waals surface area contributed by atoms with Crippen LogP contribution in [0.5, 0.6) is 11.5 Å². The Morgan fingerprint density at radius 1 is 1.04 bits per heavy atom. The van der Waals surface area contributed by atoms with Gasteiger partial charge in [-0.25, -0.2) is 0 Å². The third-order valence-corrected chi connectivity index (χ3v) is 6.27. The summed E-state index contributed by atoms with van der Waals surface area (Å²) in [6, 6.07) is 15.0. The Bertz CT molecular complexity index is 897. The van der Waals surface area contributed by atoms with Gasteiger partial charge in [-0.3, -0.25) is 9.59 Å². The molecule has 2 unspecified atom stereocenters. The van der Waals surface area contributed by atoms with Gasteiger partial charge in [0.05, 0.1) is 5.92 Å². The van der Waals surface area contributed by atoms with Crippen molar-refractivity contribution < 1.29 is 24.5 Å². The molecule has 0 saturated heterocycles. The van der Waals surface area contributed by atoms with Crippen LogP contribution in [0.3, 0.4) is 0 Å². The summed E-state index contributed by atoms with van der Waals surface area (Å²) in [6.45, 7) is 1.88. The number of carboxylic acids is 2. The Morgan fingerprint density at radius 2 is 1.57 bits per heavy atom. The SMILES string of the molecule is CC[C@H]1C(C(N)(CC2c3ccccc3Oc3ccccc32)C(=O)O)[C@H]1C(=O)O. The van der Waals surface area contributed by atoms with Gasteiger partial charge in [0.2, 0.25) is 0 Å². The first-order valence-electron chi connectivity index (χ1n) is 9.49. The normalized spacial score (nSPS) is 25.0. The van der Waals surface area contributed by atoms with Crippen LogP contribution in [-0.2, 0) is 9.59 Å². The molecule has 1 aliphatic carbocycles. The van der Waals surface area contributed by atoms with E-state index in [9.17, 15) is 19.8 Å². The molecule has 4 rings (SSSR count). The van der Waals surface area contributed by atoms with Crippen molar-refractivity contribution in [1.29, 1.82) is 0 Å². The Kier molecular flexibility index (Phi) is 4.38. The highest BCUT2D eigenvalue weighted by Crippen LogP contribution is 2.57. The quantitative estimate of drug-likeness (QED) is 0.707. The lowest BCUT2D eigenvalue weighted by molar-refractivity contribution is -0.145. The summed E-state index contributed by atoms with van der Waals surface area (Å²) in [5.41, 5.74) is 6.59. The number of hydrogen-bond donors (Lipinski definition) is 3. The molecule has 2 aromatic rings. The van der Waals surface area contributed by atoms with E-state index in [1.807, 2.05) is 55.5 Å². The fourth-order valence-electron chi connectivity index (χ4n) is 4.85. The first-order chi connectivity index (χ1) is 13.4. The van der Waals surface area contributed by atoms with Crippen LogP contribution >= 0.6 is 0 Å². The van der Waals surface area contributed by atoms with Gasteiger partial charge in [-0.15, -0.1) is 0 Å². The Balaban J connectivity index is 1.77. The minimum atomic E-state index is -1.63. The van der Waals surface area contributed by atoms with Crippen LogP contribution in [-0.4, -0.2) is 27.7 Å². The summed E-state index contributed by atoms with van der Waals surface area (Å²) in [5.74, 6) is -2.57. The van der Waals surface area contributed by atoms with Gasteiger partial charge in [-0.2, -0.15) is 0 Å². The molecule has 28 heavy (non-hydrogen) atoms. The number of fused-ring (bicyclic) bond motifs is 2. The molecular formula is C22H23NO5. The van der Waals surface area contributed by atoms with Gasteiger partial charge < -0.3 is 20.7 Å². The second kappa shape index (κ2) is 6.63. The van der Waals surface area contributed by atoms with E-state index in [4.69, 9.17) is 10.5 Å². The number of carbonyl (C=O) groups is 2. The van der Waals surface area contributed by atoms with Gasteiger partial charge in [0.25, 0.3) is 0 Å². The van der Waals surface area contributed by atoms with Crippen molar-refractivity contribution >= 4 is 11.9 Å². The second-order valence-electron chi connectivity index (χ2n) is 7.74. The highest BCUT2D eigenvalue weighted by atomic mass is 16.5. The Hall–Kier alpha value is -2.86. The van der Waals surface area contributed by atoms with Gasteiger partial charge in [0.15, 0.2) is 0 Å². The van der Waals surface area contributed by atoms with Gasteiger partial charge in [0, 0.05) is 23.0 Å². The minimum absolute atomic E-state index is 0.116. The minimum Gasteiger partial charge on any atom is -0.481 e. The molecule has 1 aliphatic heterocycles. The van der Waals surface area contributed by atoms with Crippen LogP contribution in [0.2, 0.25) is 0 Å². The maximum Gasteiger partial charge on any atom is 0.324 e. The van der Waals surface area contributed by atoms with Crippen molar-refractivity contribution in [2.75, 3.05) is 0 Å². The largest absolute Gasteiger partial charge is 0.481 e. The van der Waals surface area contributed by atoms with E-state index in [1.54, 1.807) is 0 Å². The lowest BCUT2D eigenvalue weighted by Crippen LogP contribution is -2.52. The predicted molar refractivity (Wildman–Crippen MR) is 102 cm³/mol. The molecule has 1 fully saturated rings. The number of aliphatic carboxylic acids is 2. The molecule has 2 aromatic carbocycles. The summed E-state index contributed by atoms with van der Waals surface area (Å²) < 4.78 is 5.98. The molecule has 0 aromatic heterocycles. The van der Waals surface area contributed by atoms with Crippen LogP contribution in [0, 0.1) is 17.8 Å². The first kappa shape index (κ1) is 18.5. The van der Waals surface area contributed by atoms with E-state index in [-0.39, 0.29) is 18.3 Å². The highest BCUT2D eigenvalue weighted by molar-refractivity contribution is 5.84. The molecule has 4 atom stereocenters. The molecule has 4 N–H and O–H groups in total. The third-order valence-electron chi connectivity index (χ3n) is 6.27. The Morgan fingerprint density at radius 3 is 2.00 bits per heavy atom. The van der Waals surface area contributed by atoms with E-state index in [0.717, 1.165) is 11.1 Å². The number of carboxylic acid groups (broad SMARTS) is 2. The predicted octanol–water partition coefficient (Wildman–Crippen LogP) is 3.45. The summed E-state index contributed by atoms with van der Waals surface area (Å²) in [6.07, 6.45) is 0.708. The lowest BCUT2D eigenvalue weighted by Gasteiger charge is -2.34. The number of benzene rings is 2. The second-order valence-corrected chi connectivity index (χ2v) is 7.74. The van der Waals surface area contributed by atoms with Crippen LogP contribution < -0.4 is 10.5 Å². The van der Waals surface area contributed by atoms with Gasteiger partial charge in [-0.05, 0) is 24.5 Å². The summed E-state index contributed by atoms with van der Waals surface area (Å²) in [7, 11) is 0. The van der Waals surface area contributed by atoms with E-state index >= 15 is 0 Å². The van der Waals surface area contributed by atoms with Crippen LogP contribution in [0.25, 0.3) is 0 Å². The third kappa shape index (κ3) is 2.76. The average molecular weight is 381 g/mol. The first-order valence-corrected chi connectivity index (χ1v) is 9.49. The summed E-state index contributed by atoms with van der Waals surface area (Å²) in [4.78, 5) is 23.9. The number of ether oxygens (including phenoxy) is 1. The molecule has 1 saturated carbocycles. The summed E-state index contributed by atoms with van der Waals surface area (Å²) >= 11 is 0. The Labute approximate surface area is 162 Å².